The van der Waals surface area contributed by atoms with Crippen LogP contribution in [0.25, 0.3) is 11.0 Å². The molecule has 1 aromatic heterocycles. The molecule has 0 radical (unpaired) electrons. The van der Waals surface area contributed by atoms with Gasteiger partial charge in [-0.25, -0.2) is 0 Å². The minimum Gasteiger partial charge on any atom is -0.481 e. The largest absolute Gasteiger partial charge is 0.481 e. The number of carbonyl (C=O) groups excluding carboxylic acids is 1. The van der Waals surface area contributed by atoms with Crippen LogP contribution in [0.5, 0.6) is 0 Å². The van der Waals surface area contributed by atoms with E-state index < -0.39 is 11.4 Å². The molecule has 1 atom stereocenters. The summed E-state index contributed by atoms with van der Waals surface area (Å²) in [5, 5.41) is 10.6. The summed E-state index contributed by atoms with van der Waals surface area (Å²) in [5.41, 5.74) is 1.42. The Kier molecular flexibility index (Phi) is 4.56. The Morgan fingerprint density at radius 1 is 1.36 bits per heavy atom. The van der Waals surface area contributed by atoms with Gasteiger partial charge >= 0.3 is 5.97 Å². The van der Waals surface area contributed by atoms with Crippen LogP contribution in [0, 0.1) is 19.3 Å². The van der Waals surface area contributed by atoms with Crippen molar-refractivity contribution < 1.29 is 23.8 Å². The molecule has 0 saturated carbocycles. The average molecular weight is 345 g/mol. The summed E-state index contributed by atoms with van der Waals surface area (Å²) < 4.78 is 11.0. The first-order valence-electron chi connectivity index (χ1n) is 8.40. The molecular weight excluding hydrogens is 322 g/mol. The van der Waals surface area contributed by atoms with Crippen LogP contribution < -0.4 is 0 Å². The first-order valence-corrected chi connectivity index (χ1v) is 8.40. The number of para-hydroxylation sites is 1. The van der Waals surface area contributed by atoms with E-state index >= 15 is 0 Å². The lowest BCUT2D eigenvalue weighted by molar-refractivity contribution is -0.155. The van der Waals surface area contributed by atoms with Crippen LogP contribution in [0.4, 0.5) is 0 Å². The topological polar surface area (TPSA) is 80.0 Å². The molecule has 1 amide bonds. The molecule has 0 aliphatic carbocycles. The zero-order valence-corrected chi connectivity index (χ0v) is 14.8. The van der Waals surface area contributed by atoms with Crippen molar-refractivity contribution in [3.05, 3.63) is 35.1 Å². The fourth-order valence-electron chi connectivity index (χ4n) is 3.67. The van der Waals surface area contributed by atoms with Gasteiger partial charge in [0.1, 0.15) is 11.0 Å². The number of piperidine rings is 1. The number of carbonyl (C=O) groups is 2. The Labute approximate surface area is 146 Å². The molecule has 2 heterocycles. The third-order valence-electron chi connectivity index (χ3n) is 5.09. The Bertz CT molecular complexity index is 821. The van der Waals surface area contributed by atoms with Crippen LogP contribution in [-0.2, 0) is 9.53 Å². The Morgan fingerprint density at radius 3 is 2.76 bits per heavy atom. The number of hydrogen-bond acceptors (Lipinski definition) is 4. The molecule has 1 saturated heterocycles. The monoisotopic (exact) mass is 345 g/mol. The number of aryl methyl sites for hydroxylation is 2. The highest BCUT2D eigenvalue weighted by atomic mass is 16.5. The molecule has 1 N–H and O–H groups in total. The number of benzene rings is 1. The van der Waals surface area contributed by atoms with Gasteiger partial charge in [-0.3, -0.25) is 9.59 Å². The molecule has 1 unspecified atom stereocenters. The van der Waals surface area contributed by atoms with Gasteiger partial charge in [-0.2, -0.15) is 0 Å². The van der Waals surface area contributed by atoms with Gasteiger partial charge in [0.05, 0.1) is 6.61 Å². The average Bonchev–Trinajstić information content (AvgIpc) is 2.93. The van der Waals surface area contributed by atoms with Gasteiger partial charge in [0.25, 0.3) is 5.91 Å². The van der Waals surface area contributed by atoms with Crippen molar-refractivity contribution in [3.63, 3.8) is 0 Å². The zero-order valence-electron chi connectivity index (χ0n) is 14.8. The van der Waals surface area contributed by atoms with Gasteiger partial charge in [0.15, 0.2) is 5.76 Å². The maximum atomic E-state index is 13.0. The van der Waals surface area contributed by atoms with E-state index in [1.165, 1.54) is 7.11 Å². The molecule has 25 heavy (non-hydrogen) atoms. The molecule has 0 bridgehead atoms. The third kappa shape index (κ3) is 2.91. The van der Waals surface area contributed by atoms with Crippen LogP contribution in [0.3, 0.4) is 0 Å². The van der Waals surface area contributed by atoms with E-state index in [2.05, 4.69) is 0 Å². The number of rotatable bonds is 4. The molecule has 1 fully saturated rings. The van der Waals surface area contributed by atoms with E-state index in [-0.39, 0.29) is 19.1 Å². The first kappa shape index (κ1) is 17.5. The van der Waals surface area contributed by atoms with Gasteiger partial charge in [-0.05, 0) is 32.3 Å². The van der Waals surface area contributed by atoms with Crippen molar-refractivity contribution in [2.24, 2.45) is 5.41 Å². The van der Waals surface area contributed by atoms with E-state index in [4.69, 9.17) is 9.15 Å². The molecule has 1 aliphatic rings. The summed E-state index contributed by atoms with van der Waals surface area (Å²) in [6, 6.07) is 5.80. The predicted octanol–water partition coefficient (Wildman–Crippen LogP) is 3.00. The second-order valence-electron chi connectivity index (χ2n) is 6.86. The number of methoxy groups -OCH3 is 1. The number of aliphatic carboxylic acids is 1. The standard InChI is InChI=1S/C19H23NO5/c1-12-6-4-7-14-13(2)16(25-15(12)14)17(21)20-9-5-8-19(10-20,11-24-3)18(22)23/h4,6-7H,5,8-11H2,1-3H3,(H,22,23). The lowest BCUT2D eigenvalue weighted by Crippen LogP contribution is -2.52. The highest BCUT2D eigenvalue weighted by Crippen LogP contribution is 2.34. The van der Waals surface area contributed by atoms with Crippen LogP contribution in [0.1, 0.15) is 34.5 Å². The summed E-state index contributed by atoms with van der Waals surface area (Å²) in [7, 11) is 1.48. The quantitative estimate of drug-likeness (QED) is 0.921. The molecular formula is C19H23NO5. The van der Waals surface area contributed by atoms with Gasteiger partial charge in [-0.1, -0.05) is 18.2 Å². The molecule has 1 aromatic carbocycles. The normalized spacial score (nSPS) is 20.8. The number of hydrogen-bond donors (Lipinski definition) is 1. The Balaban J connectivity index is 1.94. The maximum Gasteiger partial charge on any atom is 0.313 e. The number of carboxylic acid groups (broad SMARTS) is 1. The van der Waals surface area contributed by atoms with Crippen LogP contribution in [-0.4, -0.2) is 48.7 Å². The highest BCUT2D eigenvalue weighted by Gasteiger charge is 2.44. The van der Waals surface area contributed by atoms with E-state index in [0.717, 1.165) is 16.5 Å². The fourth-order valence-corrected chi connectivity index (χ4v) is 3.67. The van der Waals surface area contributed by atoms with Gasteiger partial charge in [0.2, 0.25) is 0 Å². The smallest absolute Gasteiger partial charge is 0.313 e. The van der Waals surface area contributed by atoms with Crippen molar-refractivity contribution in [1.29, 1.82) is 0 Å². The maximum absolute atomic E-state index is 13.0. The number of ether oxygens (including phenoxy) is 1. The van der Waals surface area contributed by atoms with E-state index in [1.54, 1.807) is 4.90 Å². The number of fused-ring (bicyclic) bond motifs is 1. The SMILES string of the molecule is COCC1(C(=O)O)CCCN(C(=O)c2oc3c(C)cccc3c2C)C1. The molecule has 1 aliphatic heterocycles. The van der Waals surface area contributed by atoms with Gasteiger partial charge in [0, 0.05) is 31.1 Å². The highest BCUT2D eigenvalue weighted by molar-refractivity contribution is 5.99. The van der Waals surface area contributed by atoms with Crippen molar-refractivity contribution in [2.75, 3.05) is 26.8 Å². The molecule has 6 nitrogen and oxygen atoms in total. The lowest BCUT2D eigenvalue weighted by atomic mass is 9.80. The summed E-state index contributed by atoms with van der Waals surface area (Å²) in [6.07, 6.45) is 1.12. The summed E-state index contributed by atoms with van der Waals surface area (Å²) >= 11 is 0. The van der Waals surface area contributed by atoms with E-state index in [9.17, 15) is 14.7 Å². The molecule has 0 spiro atoms. The molecule has 6 heteroatoms. The number of amides is 1. The van der Waals surface area contributed by atoms with Crippen LogP contribution >= 0.6 is 0 Å². The number of carboxylic acids is 1. The predicted molar refractivity (Wildman–Crippen MR) is 92.8 cm³/mol. The van der Waals surface area contributed by atoms with Crippen LogP contribution in [0.2, 0.25) is 0 Å². The Hall–Kier alpha value is -2.34. The van der Waals surface area contributed by atoms with Crippen molar-refractivity contribution >= 4 is 22.8 Å². The van der Waals surface area contributed by atoms with Crippen molar-refractivity contribution in [2.45, 2.75) is 26.7 Å². The third-order valence-corrected chi connectivity index (χ3v) is 5.09. The number of likely N-dealkylation sites (tertiary alicyclic amines) is 1. The minimum absolute atomic E-state index is 0.0876. The van der Waals surface area contributed by atoms with Gasteiger partial charge < -0.3 is 19.2 Å². The molecule has 3 rings (SSSR count). The van der Waals surface area contributed by atoms with Crippen LogP contribution in [0.15, 0.2) is 22.6 Å². The van der Waals surface area contributed by atoms with E-state index in [1.807, 2.05) is 32.0 Å². The number of furan rings is 1. The second-order valence-corrected chi connectivity index (χ2v) is 6.86. The lowest BCUT2D eigenvalue weighted by Gasteiger charge is -2.39. The minimum atomic E-state index is -1.06. The van der Waals surface area contributed by atoms with Crippen molar-refractivity contribution in [3.8, 4) is 0 Å². The number of nitrogens with zero attached hydrogens (tertiary/aromatic N) is 1. The van der Waals surface area contributed by atoms with E-state index in [0.29, 0.717) is 30.7 Å². The first-order chi connectivity index (χ1) is 11.9. The molecule has 2 aromatic rings. The van der Waals surface area contributed by atoms with Crippen molar-refractivity contribution in [1.82, 2.24) is 4.90 Å². The molecule has 134 valence electrons. The Morgan fingerprint density at radius 2 is 2.12 bits per heavy atom. The van der Waals surface area contributed by atoms with Gasteiger partial charge in [-0.15, -0.1) is 0 Å². The summed E-state index contributed by atoms with van der Waals surface area (Å²) in [6.45, 7) is 4.54. The zero-order chi connectivity index (χ0) is 18.2. The fraction of sp³-hybridized carbons (Fsp3) is 0.474. The summed E-state index contributed by atoms with van der Waals surface area (Å²) in [5.74, 6) is -0.888. The second kappa shape index (κ2) is 6.52. The summed E-state index contributed by atoms with van der Waals surface area (Å²) in [4.78, 5) is 26.4.